The number of pyridine rings is 1. The fourth-order valence-electron chi connectivity index (χ4n) is 4.55. The van der Waals surface area contributed by atoms with Gasteiger partial charge in [-0.1, -0.05) is 18.2 Å². The van der Waals surface area contributed by atoms with E-state index < -0.39 is 0 Å². The predicted molar refractivity (Wildman–Crippen MR) is 132 cm³/mol. The lowest BCUT2D eigenvalue weighted by atomic mass is 10.1. The van der Waals surface area contributed by atoms with Gasteiger partial charge in [0, 0.05) is 56.7 Å². The lowest BCUT2D eigenvalue weighted by molar-refractivity contribution is 0.617. The van der Waals surface area contributed by atoms with Crippen LogP contribution in [-0.2, 0) is 13.6 Å². The molecule has 6 rings (SSSR count). The van der Waals surface area contributed by atoms with Crippen molar-refractivity contribution in [2.24, 2.45) is 7.05 Å². The van der Waals surface area contributed by atoms with Crippen molar-refractivity contribution in [2.75, 3.05) is 36.0 Å². The Kier molecular flexibility index (Phi) is 5.20. The molecule has 1 saturated heterocycles. The average Bonchev–Trinajstić information content (AvgIpc) is 3.59. The molecule has 0 saturated carbocycles. The highest BCUT2D eigenvalue weighted by molar-refractivity contribution is 5.75. The minimum absolute atomic E-state index is 0.234. The van der Waals surface area contributed by atoms with E-state index in [2.05, 4.69) is 37.1 Å². The summed E-state index contributed by atoms with van der Waals surface area (Å²) in [7, 11) is 1.92. The Morgan fingerprint density at radius 2 is 1.63 bits per heavy atom. The zero-order valence-electron chi connectivity index (χ0n) is 19.7. The van der Waals surface area contributed by atoms with Crippen LogP contribution < -0.4 is 9.80 Å². The first-order chi connectivity index (χ1) is 17.0. The molecule has 0 aliphatic carbocycles. The molecule has 4 aromatic heterocycles. The standard InChI is InChI=1S/C25H26FN9/c1-18-29-25(30-34(18)15-19-3-6-22(26)7-4-19)33-11-9-32(10-12-33)24-14-28-35-17-20(5-8-23(24)35)21-13-27-31(2)16-21/h3-8,13-14,16-17H,9-12,15H2,1-2H3. The van der Waals surface area contributed by atoms with E-state index in [0.717, 1.165) is 65.8 Å². The van der Waals surface area contributed by atoms with Gasteiger partial charge in [0.1, 0.15) is 11.6 Å². The quantitative estimate of drug-likeness (QED) is 0.392. The number of benzene rings is 1. The highest BCUT2D eigenvalue weighted by atomic mass is 19.1. The van der Waals surface area contributed by atoms with Crippen molar-refractivity contribution in [1.82, 2.24) is 34.2 Å². The molecule has 0 atom stereocenters. The van der Waals surface area contributed by atoms with E-state index in [1.165, 1.54) is 12.1 Å². The monoisotopic (exact) mass is 471 g/mol. The summed E-state index contributed by atoms with van der Waals surface area (Å²) >= 11 is 0. The Hall–Kier alpha value is -4.21. The van der Waals surface area contributed by atoms with Crippen molar-refractivity contribution in [3.8, 4) is 11.1 Å². The van der Waals surface area contributed by atoms with Gasteiger partial charge in [-0.2, -0.15) is 15.2 Å². The van der Waals surface area contributed by atoms with Gasteiger partial charge in [-0.05, 0) is 30.7 Å². The van der Waals surface area contributed by atoms with E-state index in [0.29, 0.717) is 6.54 Å². The molecule has 35 heavy (non-hydrogen) atoms. The first-order valence-corrected chi connectivity index (χ1v) is 11.7. The first-order valence-electron chi connectivity index (χ1n) is 11.7. The predicted octanol–water partition coefficient (Wildman–Crippen LogP) is 3.15. The minimum atomic E-state index is -0.234. The van der Waals surface area contributed by atoms with Crippen molar-refractivity contribution < 1.29 is 4.39 Å². The van der Waals surface area contributed by atoms with Crippen LogP contribution in [0.2, 0.25) is 0 Å². The largest absolute Gasteiger partial charge is 0.365 e. The molecule has 0 N–H and O–H groups in total. The molecule has 0 bridgehead atoms. The molecule has 1 aliphatic rings. The summed E-state index contributed by atoms with van der Waals surface area (Å²) in [6.07, 6.45) is 7.85. The number of piperazine rings is 1. The molecule has 1 aromatic carbocycles. The molecule has 1 fully saturated rings. The molecule has 5 aromatic rings. The summed E-state index contributed by atoms with van der Waals surface area (Å²) in [5.74, 6) is 1.35. The van der Waals surface area contributed by atoms with Crippen LogP contribution in [0.5, 0.6) is 0 Å². The van der Waals surface area contributed by atoms with Gasteiger partial charge in [0.05, 0.1) is 30.1 Å². The van der Waals surface area contributed by atoms with E-state index in [9.17, 15) is 4.39 Å². The number of rotatable bonds is 5. The molecule has 9 nitrogen and oxygen atoms in total. The van der Waals surface area contributed by atoms with Crippen molar-refractivity contribution in [1.29, 1.82) is 0 Å². The molecule has 10 heteroatoms. The second kappa shape index (κ2) is 8.53. The Bertz CT molecular complexity index is 1470. The van der Waals surface area contributed by atoms with E-state index in [1.54, 1.807) is 16.8 Å². The molecular weight excluding hydrogens is 445 g/mol. The van der Waals surface area contributed by atoms with Crippen LogP contribution >= 0.6 is 0 Å². The van der Waals surface area contributed by atoms with Crippen molar-refractivity contribution in [2.45, 2.75) is 13.5 Å². The third-order valence-electron chi connectivity index (χ3n) is 6.53. The maximum absolute atomic E-state index is 13.2. The Balaban J connectivity index is 1.14. The highest BCUT2D eigenvalue weighted by Crippen LogP contribution is 2.27. The van der Waals surface area contributed by atoms with Gasteiger partial charge in [0.25, 0.3) is 0 Å². The van der Waals surface area contributed by atoms with Gasteiger partial charge in [-0.25, -0.2) is 13.6 Å². The number of hydrogen-bond donors (Lipinski definition) is 0. The highest BCUT2D eigenvalue weighted by Gasteiger charge is 2.23. The molecule has 1 aliphatic heterocycles. The minimum Gasteiger partial charge on any atom is -0.365 e. The number of hydrogen-bond acceptors (Lipinski definition) is 6. The van der Waals surface area contributed by atoms with Gasteiger partial charge in [0.2, 0.25) is 5.95 Å². The van der Waals surface area contributed by atoms with Crippen LogP contribution in [0, 0.1) is 12.7 Å². The topological polar surface area (TPSA) is 72.3 Å². The van der Waals surface area contributed by atoms with Crippen molar-refractivity contribution in [3.63, 3.8) is 0 Å². The normalized spacial score (nSPS) is 14.3. The molecule has 178 valence electrons. The molecule has 0 radical (unpaired) electrons. The molecule has 5 heterocycles. The smallest absolute Gasteiger partial charge is 0.245 e. The molecular formula is C25H26FN9. The summed E-state index contributed by atoms with van der Waals surface area (Å²) < 4.78 is 18.8. The molecule has 0 spiro atoms. The zero-order chi connectivity index (χ0) is 23.9. The first kappa shape index (κ1) is 21.3. The average molecular weight is 472 g/mol. The van der Waals surface area contributed by atoms with Crippen LogP contribution in [0.3, 0.4) is 0 Å². The van der Waals surface area contributed by atoms with Crippen LogP contribution in [0.4, 0.5) is 16.0 Å². The van der Waals surface area contributed by atoms with Crippen LogP contribution in [0.1, 0.15) is 11.4 Å². The summed E-state index contributed by atoms with van der Waals surface area (Å²) in [5.41, 5.74) is 5.37. The fraction of sp³-hybridized carbons (Fsp3) is 0.280. The Labute approximate surface area is 202 Å². The second-order valence-corrected chi connectivity index (χ2v) is 8.90. The second-order valence-electron chi connectivity index (χ2n) is 8.90. The van der Waals surface area contributed by atoms with E-state index in [4.69, 9.17) is 5.10 Å². The van der Waals surface area contributed by atoms with Gasteiger partial charge >= 0.3 is 0 Å². The zero-order valence-corrected chi connectivity index (χ0v) is 19.7. The van der Waals surface area contributed by atoms with Gasteiger partial charge in [0.15, 0.2) is 0 Å². The third-order valence-corrected chi connectivity index (χ3v) is 6.53. The van der Waals surface area contributed by atoms with Crippen LogP contribution in [0.15, 0.2) is 61.2 Å². The van der Waals surface area contributed by atoms with Crippen molar-refractivity contribution in [3.05, 3.63) is 78.4 Å². The summed E-state index contributed by atoms with van der Waals surface area (Å²) in [6.45, 7) is 5.89. The number of nitrogens with zero attached hydrogens (tertiary/aromatic N) is 9. The van der Waals surface area contributed by atoms with Gasteiger partial charge in [-0.3, -0.25) is 4.68 Å². The van der Waals surface area contributed by atoms with Gasteiger partial charge < -0.3 is 9.80 Å². The van der Waals surface area contributed by atoms with Crippen LogP contribution in [0.25, 0.3) is 16.6 Å². The van der Waals surface area contributed by atoms with E-state index >= 15 is 0 Å². The third kappa shape index (κ3) is 4.11. The summed E-state index contributed by atoms with van der Waals surface area (Å²) in [6, 6.07) is 10.8. The lowest BCUT2D eigenvalue weighted by Gasteiger charge is -2.35. The van der Waals surface area contributed by atoms with Gasteiger partial charge in [-0.15, -0.1) is 5.10 Å². The number of aromatic nitrogens is 7. The Morgan fingerprint density at radius 1 is 0.857 bits per heavy atom. The van der Waals surface area contributed by atoms with E-state index in [-0.39, 0.29) is 5.82 Å². The fourth-order valence-corrected chi connectivity index (χ4v) is 4.55. The maximum atomic E-state index is 13.2. The SMILES string of the molecule is Cc1nc(N2CCN(c3cnn4cc(-c5cnn(C)c5)ccc34)CC2)nn1Cc1ccc(F)cc1. The van der Waals surface area contributed by atoms with E-state index in [1.807, 2.05) is 48.0 Å². The van der Waals surface area contributed by atoms with Crippen molar-refractivity contribution >= 4 is 17.2 Å². The number of anilines is 2. The number of fused-ring (bicyclic) bond motifs is 1. The summed E-state index contributed by atoms with van der Waals surface area (Å²) in [5, 5.41) is 13.6. The molecule has 0 amide bonds. The summed E-state index contributed by atoms with van der Waals surface area (Å²) in [4.78, 5) is 9.27. The lowest BCUT2D eigenvalue weighted by Crippen LogP contribution is -2.47. The Morgan fingerprint density at radius 3 is 2.37 bits per heavy atom. The number of halogens is 1. The van der Waals surface area contributed by atoms with Crippen LogP contribution in [-0.4, -0.2) is 60.3 Å². The maximum Gasteiger partial charge on any atom is 0.245 e. The molecule has 0 unspecified atom stereocenters. The number of aryl methyl sites for hydroxylation is 2.